The largest absolute Gasteiger partial charge is 0.367 e. The van der Waals surface area contributed by atoms with E-state index in [0.717, 1.165) is 16.5 Å². The van der Waals surface area contributed by atoms with Gasteiger partial charge in [-0.15, -0.1) is 0 Å². The number of nitrogens with zero attached hydrogens (tertiary/aromatic N) is 2. The highest BCUT2D eigenvalue weighted by Crippen LogP contribution is 2.24. The number of carbonyl (C=O) groups excluding carboxylic acids is 1. The molecule has 0 aromatic carbocycles. The van der Waals surface area contributed by atoms with Gasteiger partial charge in [0.2, 0.25) is 0 Å². The van der Waals surface area contributed by atoms with Crippen molar-refractivity contribution in [3.05, 3.63) is 17.8 Å². The van der Waals surface area contributed by atoms with Crippen LogP contribution in [0.1, 0.15) is 38.2 Å². The van der Waals surface area contributed by atoms with Crippen molar-refractivity contribution in [1.29, 1.82) is 0 Å². The summed E-state index contributed by atoms with van der Waals surface area (Å²) in [5.41, 5.74) is 0.875. The first kappa shape index (κ1) is 14.1. The molecule has 1 heterocycles. The van der Waals surface area contributed by atoms with Crippen LogP contribution in [0.2, 0.25) is 0 Å². The zero-order chi connectivity index (χ0) is 13.7. The summed E-state index contributed by atoms with van der Waals surface area (Å²) in [5, 5.41) is 4.23. The zero-order valence-electron chi connectivity index (χ0n) is 11.3. The molecule has 4 nitrogen and oxygen atoms in total. The van der Waals surface area contributed by atoms with Crippen LogP contribution in [0.5, 0.6) is 0 Å². The minimum Gasteiger partial charge on any atom is -0.367 e. The van der Waals surface area contributed by atoms with Gasteiger partial charge in [-0.25, -0.2) is 9.97 Å². The standard InChI is InChI=1S/C14H19N3OS/c1-10(18)7-8-11-9-15-14(19-2)17-13(11)16-12-5-3-4-6-12/h7-9,12H,3-6H2,1-2H3,(H,15,16,17). The van der Waals surface area contributed by atoms with Gasteiger partial charge in [0.05, 0.1) is 0 Å². The molecule has 1 aliphatic rings. The van der Waals surface area contributed by atoms with E-state index in [1.807, 2.05) is 6.26 Å². The molecule has 1 aliphatic carbocycles. The number of allylic oxidation sites excluding steroid dienone is 1. The predicted molar refractivity (Wildman–Crippen MR) is 79.4 cm³/mol. The van der Waals surface area contributed by atoms with Gasteiger partial charge in [0.1, 0.15) is 5.82 Å². The molecule has 0 spiro atoms. The molecule has 1 fully saturated rings. The molecule has 1 aromatic rings. The van der Waals surface area contributed by atoms with Gasteiger partial charge >= 0.3 is 0 Å². The molecule has 2 rings (SSSR count). The summed E-state index contributed by atoms with van der Waals surface area (Å²) in [5.74, 6) is 0.865. The number of hydrogen-bond donors (Lipinski definition) is 1. The maximum absolute atomic E-state index is 11.0. The van der Waals surface area contributed by atoms with Crippen molar-refractivity contribution in [3.8, 4) is 0 Å². The van der Waals surface area contributed by atoms with Crippen LogP contribution in [-0.4, -0.2) is 28.0 Å². The Kier molecular flexibility index (Phi) is 4.96. The van der Waals surface area contributed by atoms with Crippen molar-refractivity contribution in [2.45, 2.75) is 43.8 Å². The van der Waals surface area contributed by atoms with Gasteiger partial charge < -0.3 is 5.32 Å². The fraction of sp³-hybridized carbons (Fsp3) is 0.500. The van der Waals surface area contributed by atoms with Crippen molar-refractivity contribution in [1.82, 2.24) is 9.97 Å². The first-order chi connectivity index (χ1) is 9.19. The molecular formula is C14H19N3OS. The second kappa shape index (κ2) is 6.70. The second-order valence-electron chi connectivity index (χ2n) is 4.73. The molecule has 1 saturated carbocycles. The van der Waals surface area contributed by atoms with Crippen LogP contribution in [0, 0.1) is 0 Å². The number of thioether (sulfide) groups is 1. The van der Waals surface area contributed by atoms with E-state index in [4.69, 9.17) is 0 Å². The average molecular weight is 277 g/mol. The van der Waals surface area contributed by atoms with Crippen LogP contribution in [-0.2, 0) is 4.79 Å². The normalized spacial score (nSPS) is 16.1. The van der Waals surface area contributed by atoms with Gasteiger partial charge in [-0.2, -0.15) is 0 Å². The number of ketones is 1. The molecule has 0 saturated heterocycles. The lowest BCUT2D eigenvalue weighted by Gasteiger charge is -2.15. The molecule has 0 bridgehead atoms. The second-order valence-corrected chi connectivity index (χ2v) is 5.50. The van der Waals surface area contributed by atoms with Crippen LogP contribution < -0.4 is 5.32 Å². The van der Waals surface area contributed by atoms with E-state index in [1.165, 1.54) is 44.4 Å². The van der Waals surface area contributed by atoms with Crippen LogP contribution in [0.4, 0.5) is 5.82 Å². The van der Waals surface area contributed by atoms with Gasteiger partial charge in [0.25, 0.3) is 0 Å². The molecule has 0 aliphatic heterocycles. The topological polar surface area (TPSA) is 54.9 Å². The number of aromatic nitrogens is 2. The van der Waals surface area contributed by atoms with Gasteiger partial charge in [0, 0.05) is 17.8 Å². The third kappa shape index (κ3) is 4.06. The highest BCUT2D eigenvalue weighted by Gasteiger charge is 2.16. The highest BCUT2D eigenvalue weighted by atomic mass is 32.2. The van der Waals surface area contributed by atoms with Crippen molar-refractivity contribution in [2.75, 3.05) is 11.6 Å². The summed E-state index contributed by atoms with van der Waals surface area (Å²) in [4.78, 5) is 19.8. The lowest BCUT2D eigenvalue weighted by atomic mass is 10.2. The summed E-state index contributed by atoms with van der Waals surface area (Å²) in [6.07, 6.45) is 12.0. The van der Waals surface area contributed by atoms with Crippen molar-refractivity contribution >= 4 is 29.4 Å². The quantitative estimate of drug-likeness (QED) is 0.509. The maximum atomic E-state index is 11.0. The first-order valence-electron chi connectivity index (χ1n) is 6.55. The Morgan fingerprint density at radius 3 is 2.84 bits per heavy atom. The molecule has 0 atom stereocenters. The molecule has 1 N–H and O–H groups in total. The average Bonchev–Trinajstić information content (AvgIpc) is 2.90. The van der Waals surface area contributed by atoms with E-state index in [9.17, 15) is 4.79 Å². The Labute approximate surface area is 118 Å². The predicted octanol–water partition coefficient (Wildman–Crippen LogP) is 3.16. The van der Waals surface area contributed by atoms with Gasteiger partial charge in [0.15, 0.2) is 10.9 Å². The summed E-state index contributed by atoms with van der Waals surface area (Å²) in [7, 11) is 0. The van der Waals surface area contributed by atoms with Crippen LogP contribution in [0.15, 0.2) is 17.4 Å². The monoisotopic (exact) mass is 277 g/mol. The van der Waals surface area contributed by atoms with Crippen LogP contribution in [0.25, 0.3) is 6.08 Å². The number of carbonyl (C=O) groups is 1. The van der Waals surface area contributed by atoms with E-state index in [-0.39, 0.29) is 5.78 Å². The van der Waals surface area contributed by atoms with E-state index in [1.54, 1.807) is 18.3 Å². The summed E-state index contributed by atoms with van der Waals surface area (Å²) in [6, 6.07) is 0.495. The Bertz CT molecular complexity index is 482. The SMILES string of the molecule is CSc1ncc(C=CC(C)=O)c(NC2CCCC2)n1. The lowest BCUT2D eigenvalue weighted by Crippen LogP contribution is -2.16. The van der Waals surface area contributed by atoms with E-state index >= 15 is 0 Å². The van der Waals surface area contributed by atoms with Gasteiger partial charge in [-0.3, -0.25) is 4.79 Å². The maximum Gasteiger partial charge on any atom is 0.189 e. The van der Waals surface area contributed by atoms with Gasteiger partial charge in [-0.05, 0) is 38.2 Å². The molecule has 102 valence electrons. The minimum absolute atomic E-state index is 0.0285. The molecule has 1 aromatic heterocycles. The van der Waals surface area contributed by atoms with Crippen molar-refractivity contribution in [3.63, 3.8) is 0 Å². The number of nitrogens with one attached hydrogen (secondary N) is 1. The Morgan fingerprint density at radius 1 is 1.47 bits per heavy atom. The summed E-state index contributed by atoms with van der Waals surface area (Å²) in [6.45, 7) is 1.54. The Hall–Kier alpha value is -1.36. The van der Waals surface area contributed by atoms with E-state index < -0.39 is 0 Å². The lowest BCUT2D eigenvalue weighted by molar-refractivity contribution is -0.112. The Morgan fingerprint density at radius 2 is 2.21 bits per heavy atom. The van der Waals surface area contributed by atoms with E-state index in [2.05, 4.69) is 15.3 Å². The minimum atomic E-state index is 0.0285. The Balaban J connectivity index is 2.22. The molecule has 0 unspecified atom stereocenters. The third-order valence-electron chi connectivity index (χ3n) is 3.17. The smallest absolute Gasteiger partial charge is 0.189 e. The number of hydrogen-bond acceptors (Lipinski definition) is 5. The number of anilines is 1. The fourth-order valence-corrected chi connectivity index (χ4v) is 2.52. The van der Waals surface area contributed by atoms with Crippen LogP contribution in [0.3, 0.4) is 0 Å². The fourth-order valence-electron chi connectivity index (χ4n) is 2.18. The van der Waals surface area contributed by atoms with Crippen LogP contribution >= 0.6 is 11.8 Å². The van der Waals surface area contributed by atoms with Gasteiger partial charge in [-0.1, -0.05) is 24.6 Å². The molecule has 5 heteroatoms. The third-order valence-corrected chi connectivity index (χ3v) is 3.73. The highest BCUT2D eigenvalue weighted by molar-refractivity contribution is 7.98. The summed E-state index contributed by atoms with van der Waals surface area (Å²) < 4.78 is 0. The number of rotatable bonds is 5. The first-order valence-corrected chi connectivity index (χ1v) is 7.77. The van der Waals surface area contributed by atoms with E-state index in [0.29, 0.717) is 6.04 Å². The van der Waals surface area contributed by atoms with Crippen molar-refractivity contribution < 1.29 is 4.79 Å². The summed E-state index contributed by atoms with van der Waals surface area (Å²) >= 11 is 1.52. The van der Waals surface area contributed by atoms with Crippen molar-refractivity contribution in [2.24, 2.45) is 0 Å². The molecule has 0 radical (unpaired) electrons. The zero-order valence-corrected chi connectivity index (χ0v) is 12.2. The molecule has 19 heavy (non-hydrogen) atoms. The molecular weight excluding hydrogens is 258 g/mol. The molecule has 0 amide bonds.